The maximum Gasteiger partial charge on any atom is 0.328 e. The van der Waals surface area contributed by atoms with E-state index in [1.165, 1.54) is 10.6 Å². The highest BCUT2D eigenvalue weighted by molar-refractivity contribution is 7.85. The maximum absolute atomic E-state index is 11.7. The summed E-state index contributed by atoms with van der Waals surface area (Å²) in [5, 5.41) is 0.0446. The second-order valence-corrected chi connectivity index (χ2v) is 5.49. The first-order valence-electron chi connectivity index (χ1n) is 5.59. The van der Waals surface area contributed by atoms with Crippen LogP contribution in [0.3, 0.4) is 0 Å². The van der Waals surface area contributed by atoms with Crippen molar-refractivity contribution in [2.24, 2.45) is 0 Å². The van der Waals surface area contributed by atoms with Crippen LogP contribution in [0.25, 0.3) is 10.9 Å². The Bertz CT molecular complexity index is 847. The predicted octanol–water partition coefficient (Wildman–Crippen LogP) is 0.346. The Balaban J connectivity index is 2.89. The molecule has 0 saturated heterocycles. The molecule has 0 spiro atoms. The Hall–Kier alpha value is -1.93. The zero-order valence-electron chi connectivity index (χ0n) is 10.1. The van der Waals surface area contributed by atoms with Gasteiger partial charge in [0.15, 0.2) is 0 Å². The van der Waals surface area contributed by atoms with Gasteiger partial charge in [-0.3, -0.25) is 18.9 Å². The van der Waals surface area contributed by atoms with Gasteiger partial charge in [-0.1, -0.05) is 6.92 Å². The molecule has 19 heavy (non-hydrogen) atoms. The molecule has 0 aliphatic carbocycles. The lowest BCUT2D eigenvalue weighted by Crippen LogP contribution is -2.30. The van der Waals surface area contributed by atoms with Crippen LogP contribution in [0.1, 0.15) is 13.3 Å². The fourth-order valence-electron chi connectivity index (χ4n) is 1.88. The predicted molar refractivity (Wildman–Crippen MR) is 68.9 cm³/mol. The highest BCUT2D eigenvalue weighted by atomic mass is 32.2. The third-order valence-electron chi connectivity index (χ3n) is 2.71. The van der Waals surface area contributed by atoms with Crippen LogP contribution in [0.4, 0.5) is 0 Å². The van der Waals surface area contributed by atoms with Crippen molar-refractivity contribution < 1.29 is 13.0 Å². The molecule has 1 aromatic heterocycles. The summed E-state index contributed by atoms with van der Waals surface area (Å²) in [5.74, 6) is 0. The molecule has 1 heterocycles. The Labute approximate surface area is 108 Å². The van der Waals surface area contributed by atoms with Crippen molar-refractivity contribution in [3.63, 3.8) is 0 Å². The number of benzene rings is 1. The first-order chi connectivity index (χ1) is 8.84. The van der Waals surface area contributed by atoms with E-state index in [1.54, 1.807) is 0 Å². The third kappa shape index (κ3) is 2.45. The molecule has 0 fully saturated rings. The van der Waals surface area contributed by atoms with E-state index in [0.717, 1.165) is 12.1 Å². The molecule has 102 valence electrons. The van der Waals surface area contributed by atoms with Crippen molar-refractivity contribution >= 4 is 21.0 Å². The molecule has 0 amide bonds. The van der Waals surface area contributed by atoms with Crippen LogP contribution < -0.4 is 11.2 Å². The molecule has 0 aliphatic heterocycles. The van der Waals surface area contributed by atoms with Crippen molar-refractivity contribution in [1.29, 1.82) is 0 Å². The van der Waals surface area contributed by atoms with Gasteiger partial charge in [-0.2, -0.15) is 8.42 Å². The lowest BCUT2D eigenvalue weighted by atomic mass is 10.2. The Morgan fingerprint density at radius 3 is 2.58 bits per heavy atom. The molecule has 0 bridgehead atoms. The number of nitrogens with zero attached hydrogens (tertiary/aromatic N) is 1. The molecule has 0 atom stereocenters. The highest BCUT2D eigenvalue weighted by Gasteiger charge is 2.13. The topological polar surface area (TPSA) is 109 Å². The van der Waals surface area contributed by atoms with Crippen LogP contribution in [-0.2, 0) is 16.7 Å². The van der Waals surface area contributed by atoms with Crippen molar-refractivity contribution in [1.82, 2.24) is 9.55 Å². The summed E-state index contributed by atoms with van der Waals surface area (Å²) in [6.45, 7) is 2.27. The van der Waals surface area contributed by atoms with Crippen molar-refractivity contribution in [3.8, 4) is 0 Å². The quantitative estimate of drug-likeness (QED) is 0.790. The molecule has 0 unspecified atom stereocenters. The van der Waals surface area contributed by atoms with E-state index in [-0.39, 0.29) is 10.3 Å². The fraction of sp³-hybridized carbons (Fsp3) is 0.273. The Kier molecular flexibility index (Phi) is 3.29. The van der Waals surface area contributed by atoms with E-state index in [0.29, 0.717) is 18.5 Å². The number of hydrogen-bond donors (Lipinski definition) is 2. The standard InChI is InChI=1S/C11H12N2O5S/c1-2-5-13-9-4-3-7(19(16,17)18)6-8(9)10(14)12-11(13)15/h3-4,6H,2,5H2,1H3,(H,12,14,15)(H,16,17,18). The molecule has 8 heteroatoms. The zero-order chi connectivity index (χ0) is 14.2. The van der Waals surface area contributed by atoms with Crippen LogP contribution in [0.5, 0.6) is 0 Å². The lowest BCUT2D eigenvalue weighted by molar-refractivity contribution is 0.483. The van der Waals surface area contributed by atoms with Crippen LogP contribution in [0, 0.1) is 0 Å². The number of aromatic amines is 1. The van der Waals surface area contributed by atoms with Gasteiger partial charge in [0.05, 0.1) is 15.8 Å². The minimum Gasteiger partial charge on any atom is -0.293 e. The van der Waals surface area contributed by atoms with Crippen molar-refractivity contribution in [2.75, 3.05) is 0 Å². The number of rotatable bonds is 3. The van der Waals surface area contributed by atoms with Gasteiger partial charge in [-0.15, -0.1) is 0 Å². The van der Waals surface area contributed by atoms with E-state index in [4.69, 9.17) is 4.55 Å². The number of aryl methyl sites for hydroxylation is 1. The van der Waals surface area contributed by atoms with E-state index >= 15 is 0 Å². The minimum absolute atomic E-state index is 0.0446. The normalized spacial score (nSPS) is 11.9. The second kappa shape index (κ2) is 4.63. The van der Waals surface area contributed by atoms with Gasteiger partial charge in [-0.25, -0.2) is 4.79 Å². The van der Waals surface area contributed by atoms with Crippen LogP contribution in [0.15, 0.2) is 32.7 Å². The minimum atomic E-state index is -4.39. The molecule has 0 radical (unpaired) electrons. The molecule has 7 nitrogen and oxygen atoms in total. The average Bonchev–Trinajstić information content (AvgIpc) is 2.32. The van der Waals surface area contributed by atoms with Crippen molar-refractivity contribution in [2.45, 2.75) is 24.8 Å². The van der Waals surface area contributed by atoms with E-state index in [2.05, 4.69) is 4.98 Å². The molecule has 1 aromatic carbocycles. The average molecular weight is 284 g/mol. The second-order valence-electron chi connectivity index (χ2n) is 4.06. The number of nitrogens with one attached hydrogen (secondary N) is 1. The van der Waals surface area contributed by atoms with Gasteiger partial charge < -0.3 is 0 Å². The summed E-state index contributed by atoms with van der Waals surface area (Å²) in [4.78, 5) is 25.1. The van der Waals surface area contributed by atoms with Crippen LogP contribution >= 0.6 is 0 Å². The van der Waals surface area contributed by atoms with Gasteiger partial charge in [0.1, 0.15) is 0 Å². The fourth-order valence-corrected chi connectivity index (χ4v) is 2.39. The number of H-pyrrole nitrogens is 1. The van der Waals surface area contributed by atoms with E-state index < -0.39 is 21.4 Å². The number of aromatic nitrogens is 2. The van der Waals surface area contributed by atoms with E-state index in [1.807, 2.05) is 6.92 Å². The Morgan fingerprint density at radius 1 is 1.32 bits per heavy atom. The molecule has 2 aromatic rings. The zero-order valence-corrected chi connectivity index (χ0v) is 10.9. The number of hydrogen-bond acceptors (Lipinski definition) is 4. The molecular formula is C11H12N2O5S. The summed E-state index contributed by atoms with van der Waals surface area (Å²) < 4.78 is 32.4. The monoisotopic (exact) mass is 284 g/mol. The summed E-state index contributed by atoms with van der Waals surface area (Å²) >= 11 is 0. The summed E-state index contributed by atoms with van der Waals surface area (Å²) in [5.41, 5.74) is -0.889. The summed E-state index contributed by atoms with van der Waals surface area (Å²) in [7, 11) is -4.39. The van der Waals surface area contributed by atoms with Gasteiger partial charge >= 0.3 is 5.69 Å². The third-order valence-corrected chi connectivity index (χ3v) is 3.56. The lowest BCUT2D eigenvalue weighted by Gasteiger charge is -2.08. The maximum atomic E-state index is 11.7. The molecular weight excluding hydrogens is 272 g/mol. The van der Waals surface area contributed by atoms with Crippen molar-refractivity contribution in [3.05, 3.63) is 39.0 Å². The smallest absolute Gasteiger partial charge is 0.293 e. The molecule has 0 saturated carbocycles. The molecule has 0 aliphatic rings. The van der Waals surface area contributed by atoms with Gasteiger partial charge in [-0.05, 0) is 24.6 Å². The number of fused-ring (bicyclic) bond motifs is 1. The summed E-state index contributed by atoms with van der Waals surface area (Å²) in [6, 6.07) is 3.54. The SMILES string of the molecule is CCCn1c(=O)[nH]c(=O)c2cc(S(=O)(=O)O)ccc21. The first kappa shape index (κ1) is 13.5. The van der Waals surface area contributed by atoms with Crippen LogP contribution in [-0.4, -0.2) is 22.5 Å². The first-order valence-corrected chi connectivity index (χ1v) is 7.03. The summed E-state index contributed by atoms with van der Waals surface area (Å²) in [6.07, 6.45) is 0.682. The highest BCUT2D eigenvalue weighted by Crippen LogP contribution is 2.15. The van der Waals surface area contributed by atoms with E-state index in [9.17, 15) is 18.0 Å². The Morgan fingerprint density at radius 2 is 2.00 bits per heavy atom. The van der Waals surface area contributed by atoms with Gasteiger partial charge in [0.2, 0.25) is 0 Å². The molecule has 2 rings (SSSR count). The largest absolute Gasteiger partial charge is 0.328 e. The van der Waals surface area contributed by atoms with Crippen LogP contribution in [0.2, 0.25) is 0 Å². The molecule has 2 N–H and O–H groups in total. The van der Waals surface area contributed by atoms with Gasteiger partial charge in [0, 0.05) is 6.54 Å². The van der Waals surface area contributed by atoms with Gasteiger partial charge in [0.25, 0.3) is 15.7 Å².